The van der Waals surface area contributed by atoms with Crippen molar-refractivity contribution in [2.45, 2.75) is 26.4 Å². The van der Waals surface area contributed by atoms with Crippen LogP contribution in [0.2, 0.25) is 5.02 Å². The lowest BCUT2D eigenvalue weighted by atomic mass is 10.2. The van der Waals surface area contributed by atoms with E-state index in [-0.39, 0.29) is 25.1 Å². The molecule has 0 atom stereocenters. The maximum Gasteiger partial charge on any atom is 0.261 e. The number of nitrogens with zero attached hydrogens (tertiary/aromatic N) is 3. The van der Waals surface area contributed by atoms with E-state index in [0.717, 1.165) is 5.56 Å². The molecule has 0 N–H and O–H groups in total. The summed E-state index contributed by atoms with van der Waals surface area (Å²) in [6.07, 6.45) is 0. The van der Waals surface area contributed by atoms with Crippen LogP contribution in [0.4, 0.5) is 0 Å². The number of carbonyl (C=O) groups excluding carboxylic acids is 1. The summed E-state index contributed by atoms with van der Waals surface area (Å²) >= 11 is 5.91. The second-order valence-corrected chi connectivity index (χ2v) is 7.00. The van der Waals surface area contributed by atoms with Crippen molar-refractivity contribution in [1.82, 2.24) is 15.1 Å². The molecule has 0 fully saturated rings. The molecule has 2 aromatic carbocycles. The van der Waals surface area contributed by atoms with Gasteiger partial charge in [0.05, 0.1) is 13.7 Å². The third-order valence-corrected chi connectivity index (χ3v) is 4.48. The van der Waals surface area contributed by atoms with E-state index >= 15 is 0 Å². The van der Waals surface area contributed by atoms with E-state index < -0.39 is 0 Å². The molecule has 3 aromatic rings. The first-order valence-corrected chi connectivity index (χ1v) is 9.49. The van der Waals surface area contributed by atoms with Gasteiger partial charge in [0, 0.05) is 16.6 Å². The summed E-state index contributed by atoms with van der Waals surface area (Å²) in [5.74, 6) is 1.60. The Balaban J connectivity index is 1.67. The van der Waals surface area contributed by atoms with Gasteiger partial charge in [-0.05, 0) is 50.2 Å². The molecule has 0 aliphatic heterocycles. The molecular weight excluding hydrogens is 394 g/mol. The zero-order valence-electron chi connectivity index (χ0n) is 16.5. The van der Waals surface area contributed by atoms with Gasteiger partial charge in [0.25, 0.3) is 5.91 Å². The summed E-state index contributed by atoms with van der Waals surface area (Å²) in [7, 11) is 1.55. The monoisotopic (exact) mass is 415 g/mol. The smallest absolute Gasteiger partial charge is 0.261 e. The van der Waals surface area contributed by atoms with Crippen LogP contribution in [0.3, 0.4) is 0 Å². The highest BCUT2D eigenvalue weighted by molar-refractivity contribution is 6.30. The number of methoxy groups -OCH3 is 1. The molecule has 0 saturated heterocycles. The van der Waals surface area contributed by atoms with Crippen molar-refractivity contribution >= 4 is 17.5 Å². The van der Waals surface area contributed by atoms with Gasteiger partial charge >= 0.3 is 0 Å². The molecule has 3 rings (SSSR count). The van der Waals surface area contributed by atoms with Crippen LogP contribution in [0.1, 0.15) is 19.7 Å². The van der Waals surface area contributed by atoms with E-state index in [9.17, 15) is 4.79 Å². The number of hydrogen-bond donors (Lipinski definition) is 0. The average molecular weight is 416 g/mol. The molecule has 1 heterocycles. The van der Waals surface area contributed by atoms with E-state index in [0.29, 0.717) is 28.3 Å². The highest BCUT2D eigenvalue weighted by atomic mass is 35.5. The van der Waals surface area contributed by atoms with Crippen LogP contribution < -0.4 is 9.47 Å². The van der Waals surface area contributed by atoms with Crippen LogP contribution in [-0.2, 0) is 11.3 Å². The van der Waals surface area contributed by atoms with Gasteiger partial charge in [-0.25, -0.2) is 0 Å². The van der Waals surface area contributed by atoms with E-state index in [1.165, 1.54) is 0 Å². The molecule has 152 valence electrons. The predicted octanol–water partition coefficient (Wildman–Crippen LogP) is 4.21. The molecule has 0 radical (unpaired) electrons. The number of benzene rings is 2. The first-order chi connectivity index (χ1) is 14.0. The number of para-hydroxylation sites is 2. The molecule has 7 nitrogen and oxygen atoms in total. The van der Waals surface area contributed by atoms with E-state index in [2.05, 4.69) is 10.2 Å². The average Bonchev–Trinajstić information content (AvgIpc) is 3.19. The standard InChI is InChI=1S/C21H22ClN3O4/c1-14(2)25(20(26)13-28-18-7-5-4-6-17(18)27-3)12-19-23-24-21(29-19)15-8-10-16(22)11-9-15/h4-11,14H,12-13H2,1-3H3. The first kappa shape index (κ1) is 20.7. The van der Waals surface area contributed by atoms with Gasteiger partial charge in [-0.1, -0.05) is 23.7 Å². The lowest BCUT2D eigenvalue weighted by Gasteiger charge is -2.25. The van der Waals surface area contributed by atoms with Gasteiger partial charge in [0.2, 0.25) is 11.8 Å². The fourth-order valence-corrected chi connectivity index (χ4v) is 2.82. The fourth-order valence-electron chi connectivity index (χ4n) is 2.69. The van der Waals surface area contributed by atoms with Crippen molar-refractivity contribution in [3.05, 3.63) is 59.4 Å². The van der Waals surface area contributed by atoms with Crippen LogP contribution >= 0.6 is 11.6 Å². The number of aromatic nitrogens is 2. The van der Waals surface area contributed by atoms with Gasteiger partial charge < -0.3 is 18.8 Å². The number of rotatable bonds is 8. The molecule has 1 amide bonds. The van der Waals surface area contributed by atoms with Gasteiger partial charge in [0.15, 0.2) is 18.1 Å². The van der Waals surface area contributed by atoms with E-state index in [4.69, 9.17) is 25.5 Å². The molecule has 0 spiro atoms. The lowest BCUT2D eigenvalue weighted by molar-refractivity contribution is -0.136. The zero-order chi connectivity index (χ0) is 20.8. The molecule has 0 aliphatic rings. The predicted molar refractivity (Wildman–Crippen MR) is 109 cm³/mol. The summed E-state index contributed by atoms with van der Waals surface area (Å²) in [6.45, 7) is 3.89. The summed E-state index contributed by atoms with van der Waals surface area (Å²) in [5.41, 5.74) is 0.759. The highest BCUT2D eigenvalue weighted by Crippen LogP contribution is 2.26. The number of carbonyl (C=O) groups is 1. The van der Waals surface area contributed by atoms with Gasteiger partial charge in [0.1, 0.15) is 0 Å². The van der Waals surface area contributed by atoms with Crippen LogP contribution in [0.5, 0.6) is 11.5 Å². The largest absolute Gasteiger partial charge is 0.493 e. The summed E-state index contributed by atoms with van der Waals surface area (Å²) in [5, 5.41) is 8.74. The molecule has 8 heteroatoms. The van der Waals surface area contributed by atoms with Crippen molar-refractivity contribution < 1.29 is 18.7 Å². The maximum absolute atomic E-state index is 12.7. The van der Waals surface area contributed by atoms with Gasteiger partial charge in [-0.2, -0.15) is 0 Å². The van der Waals surface area contributed by atoms with Crippen molar-refractivity contribution in [3.63, 3.8) is 0 Å². The number of amides is 1. The Labute approximate surface area is 174 Å². The van der Waals surface area contributed by atoms with Gasteiger partial charge in [-0.3, -0.25) is 4.79 Å². The Morgan fingerprint density at radius 1 is 1.10 bits per heavy atom. The third-order valence-electron chi connectivity index (χ3n) is 4.23. The highest BCUT2D eigenvalue weighted by Gasteiger charge is 2.21. The van der Waals surface area contributed by atoms with Crippen molar-refractivity contribution in [1.29, 1.82) is 0 Å². The van der Waals surface area contributed by atoms with Crippen molar-refractivity contribution in [3.8, 4) is 23.0 Å². The second-order valence-electron chi connectivity index (χ2n) is 6.56. The van der Waals surface area contributed by atoms with E-state index in [1.807, 2.05) is 26.0 Å². The summed E-state index contributed by atoms with van der Waals surface area (Å²) < 4.78 is 16.6. The summed E-state index contributed by atoms with van der Waals surface area (Å²) in [4.78, 5) is 14.4. The second kappa shape index (κ2) is 9.43. The normalized spacial score (nSPS) is 10.8. The number of halogens is 1. The van der Waals surface area contributed by atoms with Gasteiger partial charge in [-0.15, -0.1) is 10.2 Å². The first-order valence-electron chi connectivity index (χ1n) is 9.11. The van der Waals surface area contributed by atoms with Crippen molar-refractivity contribution in [2.24, 2.45) is 0 Å². The maximum atomic E-state index is 12.7. The Kier molecular flexibility index (Phi) is 6.72. The molecule has 29 heavy (non-hydrogen) atoms. The minimum Gasteiger partial charge on any atom is -0.493 e. The van der Waals surface area contributed by atoms with E-state index in [1.54, 1.807) is 48.4 Å². The third kappa shape index (κ3) is 5.26. The zero-order valence-corrected chi connectivity index (χ0v) is 17.2. The van der Waals surface area contributed by atoms with Crippen LogP contribution in [0, 0.1) is 0 Å². The molecule has 1 aromatic heterocycles. The molecule has 0 unspecified atom stereocenters. The fraction of sp³-hybridized carbons (Fsp3) is 0.286. The van der Waals surface area contributed by atoms with Crippen LogP contribution in [0.15, 0.2) is 52.9 Å². The number of ether oxygens (including phenoxy) is 2. The topological polar surface area (TPSA) is 77.7 Å². The van der Waals surface area contributed by atoms with Crippen LogP contribution in [0.25, 0.3) is 11.5 Å². The Morgan fingerprint density at radius 3 is 2.45 bits per heavy atom. The molecule has 0 bridgehead atoms. The van der Waals surface area contributed by atoms with Crippen molar-refractivity contribution in [2.75, 3.05) is 13.7 Å². The molecule has 0 aliphatic carbocycles. The minimum absolute atomic E-state index is 0.0744. The number of hydrogen-bond acceptors (Lipinski definition) is 6. The SMILES string of the molecule is COc1ccccc1OCC(=O)N(Cc1nnc(-c2ccc(Cl)cc2)o1)C(C)C. The van der Waals surface area contributed by atoms with Crippen LogP contribution in [-0.4, -0.2) is 40.8 Å². The quantitative estimate of drug-likeness (QED) is 0.548. The Hall–Kier alpha value is -3.06. The lowest BCUT2D eigenvalue weighted by Crippen LogP contribution is -2.39. The Morgan fingerprint density at radius 2 is 1.79 bits per heavy atom. The molecule has 0 saturated carbocycles. The minimum atomic E-state index is -0.197. The Bertz CT molecular complexity index is 957. The molecular formula is C21H22ClN3O4. The summed E-state index contributed by atoms with van der Waals surface area (Å²) in [6, 6.07) is 14.2.